The highest BCUT2D eigenvalue weighted by Crippen LogP contribution is 2.38. The number of amidine groups is 1. The lowest BCUT2D eigenvalue weighted by atomic mass is 9.98. The summed E-state index contributed by atoms with van der Waals surface area (Å²) in [5.74, 6) is 2.03. The van der Waals surface area contributed by atoms with Crippen LogP contribution in [0.2, 0.25) is 0 Å². The van der Waals surface area contributed by atoms with Crippen LogP contribution in [0.25, 0.3) is 22.0 Å². The number of amides is 2. The Bertz CT molecular complexity index is 1460. The number of hydrogen-bond donors (Lipinski definition) is 0. The van der Waals surface area contributed by atoms with Crippen LogP contribution >= 0.6 is 0 Å². The molecule has 2 amide bonds. The van der Waals surface area contributed by atoms with E-state index in [0.29, 0.717) is 12.5 Å². The summed E-state index contributed by atoms with van der Waals surface area (Å²) in [4.78, 5) is 35.2. The largest absolute Gasteiger partial charge is 0.342 e. The third-order valence-electron chi connectivity index (χ3n) is 8.71. The van der Waals surface area contributed by atoms with Gasteiger partial charge < -0.3 is 4.90 Å². The predicted octanol–water partition coefficient (Wildman–Crippen LogP) is 4.81. The predicted molar refractivity (Wildman–Crippen MR) is 150 cm³/mol. The van der Waals surface area contributed by atoms with E-state index in [4.69, 9.17) is 4.99 Å². The fourth-order valence-electron chi connectivity index (χ4n) is 6.14. The van der Waals surface area contributed by atoms with Crippen molar-refractivity contribution < 1.29 is 9.59 Å². The van der Waals surface area contributed by atoms with E-state index in [2.05, 4.69) is 55.3 Å². The van der Waals surface area contributed by atoms with Gasteiger partial charge in [0.1, 0.15) is 11.4 Å². The highest BCUT2D eigenvalue weighted by atomic mass is 16.2. The van der Waals surface area contributed by atoms with Crippen LogP contribution in [-0.2, 0) is 16.6 Å². The first-order valence-corrected chi connectivity index (χ1v) is 13.9. The molecule has 7 nitrogen and oxygen atoms in total. The third kappa shape index (κ3) is 4.32. The van der Waals surface area contributed by atoms with Crippen LogP contribution in [0.15, 0.2) is 47.6 Å². The van der Waals surface area contributed by atoms with Crippen molar-refractivity contribution in [3.05, 3.63) is 53.7 Å². The first-order chi connectivity index (χ1) is 18.1. The molecule has 1 saturated carbocycles. The van der Waals surface area contributed by atoms with Crippen LogP contribution in [0, 0.1) is 24.7 Å². The Morgan fingerprint density at radius 3 is 2.58 bits per heavy atom. The minimum absolute atomic E-state index is 0.0362. The number of aromatic nitrogens is 2. The lowest BCUT2D eigenvalue weighted by molar-refractivity contribution is -0.134. The number of likely N-dealkylation sites (tertiary alicyclic amines) is 1. The standard InChI is InChI=1S/C31H37N5O2/c1-19-14-23(24-9-11-27-25(15-24)16-32-34(27)5)8-10-26(19)28-33-31(3,4)30(38)36(28)18-21-12-13-35(17-21)29(37)20(2)22-6-7-22/h8-11,14-16,20-22H,6-7,12-13,17-18H2,1-5H3/t20?,21-/m1/s1. The quantitative estimate of drug-likeness (QED) is 0.477. The SMILES string of the molecule is Cc1cc(-c2ccc3c(cnn3C)c2)ccc1C1=NC(C)(C)C(=O)N1C[C@@H]1CCN(C(=O)C(C)C2CC2)C1. The van der Waals surface area contributed by atoms with E-state index in [0.717, 1.165) is 58.5 Å². The van der Waals surface area contributed by atoms with Crippen molar-refractivity contribution in [1.29, 1.82) is 0 Å². The van der Waals surface area contributed by atoms with Gasteiger partial charge in [-0.05, 0) is 80.7 Å². The molecule has 2 fully saturated rings. The molecule has 2 aliphatic heterocycles. The summed E-state index contributed by atoms with van der Waals surface area (Å²) in [6.07, 6.45) is 5.17. The second kappa shape index (κ2) is 9.07. The summed E-state index contributed by atoms with van der Waals surface area (Å²) < 4.78 is 1.88. The smallest absolute Gasteiger partial charge is 0.255 e. The zero-order valence-corrected chi connectivity index (χ0v) is 23.1. The Hall–Kier alpha value is -3.48. The molecule has 38 heavy (non-hydrogen) atoms. The van der Waals surface area contributed by atoms with Gasteiger partial charge in [0.2, 0.25) is 5.91 Å². The zero-order chi connectivity index (χ0) is 26.8. The fourth-order valence-corrected chi connectivity index (χ4v) is 6.14. The van der Waals surface area contributed by atoms with Gasteiger partial charge in [-0.2, -0.15) is 5.10 Å². The molecule has 3 heterocycles. The van der Waals surface area contributed by atoms with Crippen molar-refractivity contribution in [3.8, 4) is 11.1 Å². The first-order valence-electron chi connectivity index (χ1n) is 13.9. The Kier molecular flexibility index (Phi) is 5.93. The van der Waals surface area contributed by atoms with Crippen molar-refractivity contribution in [2.45, 2.75) is 52.5 Å². The van der Waals surface area contributed by atoms with Crippen molar-refractivity contribution >= 4 is 28.6 Å². The number of rotatable bonds is 6. The summed E-state index contributed by atoms with van der Waals surface area (Å²) in [6.45, 7) is 10.1. The van der Waals surface area contributed by atoms with E-state index in [1.807, 2.05) is 41.6 Å². The number of carbonyl (C=O) groups excluding carboxylic acids is 2. The number of aryl methyl sites for hydroxylation is 2. The number of carbonyl (C=O) groups is 2. The first kappa shape index (κ1) is 24.8. The summed E-state index contributed by atoms with van der Waals surface area (Å²) in [5, 5.41) is 5.47. The molecule has 3 aromatic rings. The van der Waals surface area contributed by atoms with Crippen molar-refractivity contribution in [1.82, 2.24) is 19.6 Å². The highest BCUT2D eigenvalue weighted by molar-refractivity contribution is 6.15. The van der Waals surface area contributed by atoms with Crippen molar-refractivity contribution in [2.75, 3.05) is 19.6 Å². The molecule has 0 N–H and O–H groups in total. The van der Waals surface area contributed by atoms with Gasteiger partial charge in [-0.25, -0.2) is 0 Å². The Morgan fingerprint density at radius 1 is 1.11 bits per heavy atom. The average molecular weight is 512 g/mol. The number of nitrogens with zero attached hydrogens (tertiary/aromatic N) is 5. The molecule has 3 aliphatic rings. The van der Waals surface area contributed by atoms with Gasteiger partial charge in [0.15, 0.2) is 0 Å². The van der Waals surface area contributed by atoms with E-state index in [1.54, 1.807) is 0 Å². The molecule has 1 aromatic heterocycles. The maximum atomic E-state index is 13.5. The molecular formula is C31H37N5O2. The molecule has 1 saturated heterocycles. The van der Waals surface area contributed by atoms with E-state index in [9.17, 15) is 9.59 Å². The normalized spacial score (nSPS) is 21.9. The molecule has 0 bridgehead atoms. The molecule has 0 spiro atoms. The van der Waals surface area contributed by atoms with E-state index >= 15 is 0 Å². The van der Waals surface area contributed by atoms with Crippen molar-refractivity contribution in [2.24, 2.45) is 29.8 Å². The minimum atomic E-state index is -0.791. The second-order valence-corrected chi connectivity index (χ2v) is 12.0. The Balaban J connectivity index is 1.23. The van der Waals surface area contributed by atoms with E-state index in [1.165, 1.54) is 12.8 Å². The summed E-state index contributed by atoms with van der Waals surface area (Å²) in [6, 6.07) is 12.8. The molecule has 6 rings (SSSR count). The molecule has 2 atom stereocenters. The summed E-state index contributed by atoms with van der Waals surface area (Å²) in [7, 11) is 1.95. The fraction of sp³-hybridized carbons (Fsp3) is 0.484. The topological polar surface area (TPSA) is 70.8 Å². The van der Waals surface area contributed by atoms with Gasteiger partial charge in [0, 0.05) is 43.5 Å². The lowest BCUT2D eigenvalue weighted by Crippen LogP contribution is -2.43. The van der Waals surface area contributed by atoms with Gasteiger partial charge >= 0.3 is 0 Å². The Labute approximate surface area is 224 Å². The van der Waals surface area contributed by atoms with Gasteiger partial charge in [-0.15, -0.1) is 0 Å². The van der Waals surface area contributed by atoms with Gasteiger partial charge in [-0.3, -0.25) is 24.2 Å². The van der Waals surface area contributed by atoms with Crippen molar-refractivity contribution in [3.63, 3.8) is 0 Å². The summed E-state index contributed by atoms with van der Waals surface area (Å²) in [5.41, 5.74) is 4.65. The number of fused-ring (bicyclic) bond motifs is 1. The molecule has 198 valence electrons. The number of benzene rings is 2. The Morgan fingerprint density at radius 2 is 1.84 bits per heavy atom. The van der Waals surface area contributed by atoms with Crippen LogP contribution in [0.3, 0.4) is 0 Å². The minimum Gasteiger partial charge on any atom is -0.342 e. The number of aliphatic imine (C=N–C) groups is 1. The highest BCUT2D eigenvalue weighted by Gasteiger charge is 2.44. The van der Waals surface area contributed by atoms with Crippen LogP contribution in [-0.4, -0.2) is 62.4 Å². The van der Waals surface area contributed by atoms with Crippen LogP contribution in [0.1, 0.15) is 51.2 Å². The van der Waals surface area contributed by atoms with Crippen LogP contribution in [0.5, 0.6) is 0 Å². The third-order valence-corrected chi connectivity index (χ3v) is 8.71. The maximum Gasteiger partial charge on any atom is 0.255 e. The molecule has 0 radical (unpaired) electrons. The van der Waals surface area contributed by atoms with Crippen LogP contribution in [0.4, 0.5) is 0 Å². The van der Waals surface area contributed by atoms with E-state index in [-0.39, 0.29) is 23.7 Å². The average Bonchev–Trinajstić information content (AvgIpc) is 3.47. The van der Waals surface area contributed by atoms with Gasteiger partial charge in [-0.1, -0.05) is 31.2 Å². The number of hydrogen-bond acceptors (Lipinski definition) is 4. The molecular weight excluding hydrogens is 474 g/mol. The molecule has 1 unspecified atom stereocenters. The maximum absolute atomic E-state index is 13.5. The summed E-state index contributed by atoms with van der Waals surface area (Å²) >= 11 is 0. The van der Waals surface area contributed by atoms with Gasteiger partial charge in [0.05, 0.1) is 11.7 Å². The van der Waals surface area contributed by atoms with E-state index < -0.39 is 5.54 Å². The zero-order valence-electron chi connectivity index (χ0n) is 23.1. The molecule has 2 aromatic carbocycles. The lowest BCUT2D eigenvalue weighted by Gasteiger charge is -2.26. The van der Waals surface area contributed by atoms with Gasteiger partial charge in [0.25, 0.3) is 5.91 Å². The second-order valence-electron chi connectivity index (χ2n) is 12.0. The molecule has 1 aliphatic carbocycles. The molecule has 7 heteroatoms. The van der Waals surface area contributed by atoms with Crippen LogP contribution < -0.4 is 0 Å². The monoisotopic (exact) mass is 511 g/mol.